The molecule has 0 bridgehead atoms. The van der Waals surface area contributed by atoms with Crippen LogP contribution >= 0.6 is 0 Å². The number of para-hydroxylation sites is 1. The van der Waals surface area contributed by atoms with Crippen molar-refractivity contribution in [1.82, 2.24) is 9.88 Å². The normalized spacial score (nSPS) is 16.1. The number of carbonyl (C=O) groups is 1. The van der Waals surface area contributed by atoms with Crippen LogP contribution < -0.4 is 5.32 Å². The highest BCUT2D eigenvalue weighted by molar-refractivity contribution is 6.03. The van der Waals surface area contributed by atoms with Gasteiger partial charge in [-0.1, -0.05) is 25.0 Å². The number of nitrogens with one attached hydrogen (secondary N) is 1. The van der Waals surface area contributed by atoms with Gasteiger partial charge in [-0.15, -0.1) is 0 Å². The monoisotopic (exact) mass is 272 g/mol. The summed E-state index contributed by atoms with van der Waals surface area (Å²) in [5.41, 5.74) is 2.36. The molecule has 1 aliphatic carbocycles. The van der Waals surface area contributed by atoms with E-state index >= 15 is 0 Å². The van der Waals surface area contributed by atoms with Crippen molar-refractivity contribution >= 4 is 16.9 Å². The standard InChI is InChI=1S/C16H20N2O2/c1-18-10-11(9-17-12-5-2-3-6-12)13-7-4-8-14(15(13)18)16(19)20/h4,7-8,10,12,17H,2-3,5-6,9H2,1H3,(H,19,20). The number of hydrogen-bond acceptors (Lipinski definition) is 2. The van der Waals surface area contributed by atoms with Gasteiger partial charge in [-0.25, -0.2) is 4.79 Å². The van der Waals surface area contributed by atoms with Gasteiger partial charge in [0.1, 0.15) is 0 Å². The van der Waals surface area contributed by atoms with Gasteiger partial charge in [0.05, 0.1) is 11.1 Å². The van der Waals surface area contributed by atoms with Gasteiger partial charge in [0.2, 0.25) is 0 Å². The molecule has 20 heavy (non-hydrogen) atoms. The first-order chi connectivity index (χ1) is 9.66. The number of carboxylic acid groups (broad SMARTS) is 1. The van der Waals surface area contributed by atoms with E-state index in [0.717, 1.165) is 17.4 Å². The van der Waals surface area contributed by atoms with Crippen LogP contribution in [-0.2, 0) is 13.6 Å². The van der Waals surface area contributed by atoms with Crippen LogP contribution in [0.15, 0.2) is 24.4 Å². The fourth-order valence-corrected chi connectivity index (χ4v) is 3.25. The largest absolute Gasteiger partial charge is 0.478 e. The highest BCUT2D eigenvalue weighted by Gasteiger charge is 2.17. The molecule has 3 rings (SSSR count). The molecular weight excluding hydrogens is 252 g/mol. The van der Waals surface area contributed by atoms with Gasteiger partial charge >= 0.3 is 5.97 Å². The molecule has 0 unspecified atom stereocenters. The molecule has 0 atom stereocenters. The van der Waals surface area contributed by atoms with Crippen molar-refractivity contribution in [2.75, 3.05) is 0 Å². The predicted molar refractivity (Wildman–Crippen MR) is 79.0 cm³/mol. The highest BCUT2D eigenvalue weighted by atomic mass is 16.4. The molecule has 0 amide bonds. The summed E-state index contributed by atoms with van der Waals surface area (Å²) in [6, 6.07) is 6.12. The van der Waals surface area contributed by atoms with Crippen molar-refractivity contribution in [3.8, 4) is 0 Å². The lowest BCUT2D eigenvalue weighted by molar-refractivity contribution is 0.0698. The number of carboxylic acids is 1. The molecule has 1 aliphatic rings. The molecule has 1 aromatic heterocycles. The second-order valence-electron chi connectivity index (χ2n) is 5.63. The maximum atomic E-state index is 11.3. The van der Waals surface area contributed by atoms with Crippen LogP contribution in [-0.4, -0.2) is 21.7 Å². The molecule has 0 saturated heterocycles. The van der Waals surface area contributed by atoms with E-state index in [4.69, 9.17) is 0 Å². The topological polar surface area (TPSA) is 54.3 Å². The number of benzene rings is 1. The zero-order valence-corrected chi connectivity index (χ0v) is 11.7. The van der Waals surface area contributed by atoms with E-state index in [1.807, 2.05) is 29.9 Å². The molecule has 2 aromatic rings. The highest BCUT2D eigenvalue weighted by Crippen LogP contribution is 2.25. The summed E-state index contributed by atoms with van der Waals surface area (Å²) in [5, 5.41) is 13.9. The van der Waals surface area contributed by atoms with Crippen molar-refractivity contribution in [2.45, 2.75) is 38.3 Å². The molecule has 4 nitrogen and oxygen atoms in total. The number of aromatic carboxylic acids is 1. The van der Waals surface area contributed by atoms with Crippen LogP contribution in [0.5, 0.6) is 0 Å². The lowest BCUT2D eigenvalue weighted by Crippen LogP contribution is -2.25. The molecule has 1 aromatic carbocycles. The van der Waals surface area contributed by atoms with Gasteiger partial charge in [-0.3, -0.25) is 0 Å². The number of fused-ring (bicyclic) bond motifs is 1. The molecule has 4 heteroatoms. The number of hydrogen-bond donors (Lipinski definition) is 2. The van der Waals surface area contributed by atoms with E-state index in [2.05, 4.69) is 5.32 Å². The molecule has 0 aliphatic heterocycles. The summed E-state index contributed by atoms with van der Waals surface area (Å²) in [6.07, 6.45) is 7.18. The minimum Gasteiger partial charge on any atom is -0.478 e. The van der Waals surface area contributed by atoms with Crippen molar-refractivity contribution in [3.05, 3.63) is 35.5 Å². The first-order valence-corrected chi connectivity index (χ1v) is 7.20. The summed E-state index contributed by atoms with van der Waals surface area (Å²) < 4.78 is 1.92. The van der Waals surface area contributed by atoms with Crippen molar-refractivity contribution in [1.29, 1.82) is 0 Å². The lowest BCUT2D eigenvalue weighted by Gasteiger charge is -2.10. The van der Waals surface area contributed by atoms with Crippen LogP contribution in [0.3, 0.4) is 0 Å². The van der Waals surface area contributed by atoms with E-state index in [1.165, 1.54) is 31.2 Å². The van der Waals surface area contributed by atoms with Crippen LogP contribution in [0, 0.1) is 0 Å². The third-order valence-electron chi connectivity index (χ3n) is 4.25. The molecule has 0 radical (unpaired) electrons. The fourth-order valence-electron chi connectivity index (χ4n) is 3.25. The average molecular weight is 272 g/mol. The van der Waals surface area contributed by atoms with E-state index < -0.39 is 5.97 Å². The summed E-state index contributed by atoms with van der Waals surface area (Å²) in [4.78, 5) is 11.3. The summed E-state index contributed by atoms with van der Waals surface area (Å²) >= 11 is 0. The predicted octanol–water partition coefficient (Wildman–Crippen LogP) is 2.91. The summed E-state index contributed by atoms with van der Waals surface area (Å²) in [7, 11) is 1.91. The third-order valence-corrected chi connectivity index (χ3v) is 4.25. The van der Waals surface area contributed by atoms with E-state index in [1.54, 1.807) is 6.07 Å². The smallest absolute Gasteiger partial charge is 0.337 e. The maximum absolute atomic E-state index is 11.3. The van der Waals surface area contributed by atoms with Gasteiger partial charge in [-0.05, 0) is 24.5 Å². The minimum atomic E-state index is -0.868. The van der Waals surface area contributed by atoms with Crippen LogP contribution in [0.25, 0.3) is 10.9 Å². The van der Waals surface area contributed by atoms with Crippen LogP contribution in [0.2, 0.25) is 0 Å². The molecule has 1 heterocycles. The first-order valence-electron chi connectivity index (χ1n) is 7.20. The zero-order chi connectivity index (χ0) is 14.1. The fraction of sp³-hybridized carbons (Fsp3) is 0.438. The Hall–Kier alpha value is -1.81. The van der Waals surface area contributed by atoms with Crippen molar-refractivity contribution in [2.24, 2.45) is 7.05 Å². The van der Waals surface area contributed by atoms with E-state index in [9.17, 15) is 9.90 Å². The Labute approximate surface area is 118 Å². The van der Waals surface area contributed by atoms with Gasteiger partial charge in [0.25, 0.3) is 0 Å². The number of aryl methyl sites for hydroxylation is 1. The summed E-state index contributed by atoms with van der Waals surface area (Å²) in [6.45, 7) is 0.811. The molecule has 106 valence electrons. The SMILES string of the molecule is Cn1cc(CNC2CCCC2)c2cccc(C(=O)O)c21. The van der Waals surface area contributed by atoms with Gasteiger partial charge in [0, 0.05) is 31.2 Å². The Balaban J connectivity index is 1.91. The Morgan fingerprint density at radius 3 is 2.85 bits per heavy atom. The number of nitrogens with zero attached hydrogens (tertiary/aromatic N) is 1. The minimum absolute atomic E-state index is 0.372. The third kappa shape index (κ3) is 2.31. The van der Waals surface area contributed by atoms with Crippen molar-refractivity contribution in [3.63, 3.8) is 0 Å². The van der Waals surface area contributed by atoms with E-state index in [-0.39, 0.29) is 0 Å². The first kappa shape index (κ1) is 13.2. The second-order valence-corrected chi connectivity index (χ2v) is 5.63. The zero-order valence-electron chi connectivity index (χ0n) is 11.7. The van der Waals surface area contributed by atoms with Crippen LogP contribution in [0.4, 0.5) is 0 Å². The number of aromatic nitrogens is 1. The van der Waals surface area contributed by atoms with Gasteiger partial charge in [-0.2, -0.15) is 0 Å². The molecule has 1 saturated carbocycles. The lowest BCUT2D eigenvalue weighted by atomic mass is 10.1. The Morgan fingerprint density at radius 2 is 2.15 bits per heavy atom. The van der Waals surface area contributed by atoms with E-state index in [0.29, 0.717) is 11.6 Å². The van der Waals surface area contributed by atoms with Gasteiger partial charge in [0.15, 0.2) is 0 Å². The molecule has 2 N–H and O–H groups in total. The second kappa shape index (κ2) is 5.29. The number of rotatable bonds is 4. The van der Waals surface area contributed by atoms with Crippen molar-refractivity contribution < 1.29 is 9.90 Å². The Kier molecular flexibility index (Phi) is 3.49. The Morgan fingerprint density at radius 1 is 1.40 bits per heavy atom. The molecule has 0 spiro atoms. The Bertz CT molecular complexity index is 639. The van der Waals surface area contributed by atoms with Gasteiger partial charge < -0.3 is 15.0 Å². The quantitative estimate of drug-likeness (QED) is 0.899. The average Bonchev–Trinajstić information content (AvgIpc) is 3.05. The van der Waals surface area contributed by atoms with Crippen LogP contribution in [0.1, 0.15) is 41.6 Å². The summed E-state index contributed by atoms with van der Waals surface area (Å²) in [5.74, 6) is -0.868. The molecule has 1 fully saturated rings. The maximum Gasteiger partial charge on any atom is 0.337 e. The molecular formula is C16H20N2O2.